The number of hydrogen-bond donors (Lipinski definition) is 0. The Morgan fingerprint density at radius 1 is 1.19 bits per heavy atom. The summed E-state index contributed by atoms with van der Waals surface area (Å²) in [5.74, 6) is 0. The third kappa shape index (κ3) is 3.21. The minimum Gasteiger partial charge on any atom is -0.447 e. The minimum atomic E-state index is -1.57. The monoisotopic (exact) mass is 303 g/mol. The van der Waals surface area contributed by atoms with Gasteiger partial charge in [0.05, 0.1) is 14.6 Å². The van der Waals surface area contributed by atoms with Gasteiger partial charge >= 0.3 is 6.09 Å². The maximum Gasteiger partial charge on any atom is 0.413 e. The van der Waals surface area contributed by atoms with Crippen molar-refractivity contribution < 1.29 is 9.53 Å². The zero-order valence-electron chi connectivity index (χ0n) is 13.3. The van der Waals surface area contributed by atoms with Crippen molar-refractivity contribution in [3.63, 3.8) is 0 Å². The Morgan fingerprint density at radius 2 is 1.81 bits per heavy atom. The van der Waals surface area contributed by atoms with Crippen LogP contribution in [0.1, 0.15) is 26.3 Å². The zero-order valence-corrected chi connectivity index (χ0v) is 14.3. The van der Waals surface area contributed by atoms with E-state index in [1.165, 1.54) is 28.9 Å². The van der Waals surface area contributed by atoms with Crippen LogP contribution < -0.4 is 0 Å². The summed E-state index contributed by atoms with van der Waals surface area (Å²) in [6, 6.07) is 14.1. The van der Waals surface area contributed by atoms with E-state index in [0.717, 1.165) is 0 Å². The Kier molecular flexibility index (Phi) is 5.23. The van der Waals surface area contributed by atoms with Crippen LogP contribution in [0.2, 0.25) is 18.1 Å². The summed E-state index contributed by atoms with van der Waals surface area (Å²) in [6.45, 7) is 8.03. The van der Waals surface area contributed by atoms with Gasteiger partial charge in [0.25, 0.3) is 0 Å². The van der Waals surface area contributed by atoms with E-state index in [-0.39, 0.29) is 6.09 Å². The highest BCUT2D eigenvalue weighted by atomic mass is 28.3. The van der Waals surface area contributed by atoms with Gasteiger partial charge in [-0.05, 0) is 10.8 Å². The van der Waals surface area contributed by atoms with Gasteiger partial charge in [-0.1, -0.05) is 69.2 Å². The van der Waals surface area contributed by atoms with Crippen molar-refractivity contribution in [3.8, 4) is 0 Å². The van der Waals surface area contributed by atoms with Gasteiger partial charge in [-0.3, -0.25) is 4.90 Å². The lowest BCUT2D eigenvalue weighted by Crippen LogP contribution is -2.35. The van der Waals surface area contributed by atoms with Gasteiger partial charge in [0.2, 0.25) is 0 Å². The SMILES string of the molecule is CC[Si](CC)(CC)/C(=C\N1CCOC1=O)c1ccccc1. The van der Waals surface area contributed by atoms with Gasteiger partial charge < -0.3 is 4.74 Å². The molecule has 0 atom stereocenters. The molecule has 1 fully saturated rings. The first-order chi connectivity index (χ1) is 10.2. The first kappa shape index (κ1) is 15.8. The predicted octanol–water partition coefficient (Wildman–Crippen LogP) is 4.53. The molecule has 21 heavy (non-hydrogen) atoms. The number of cyclic esters (lactones) is 1. The number of hydrogen-bond acceptors (Lipinski definition) is 2. The Labute approximate surface area is 128 Å². The number of carbonyl (C=O) groups excluding carboxylic acids is 1. The molecule has 0 aliphatic carbocycles. The van der Waals surface area contributed by atoms with Gasteiger partial charge in [-0.15, -0.1) is 0 Å². The fourth-order valence-electron chi connectivity index (χ4n) is 3.14. The Morgan fingerprint density at radius 3 is 2.29 bits per heavy atom. The molecule has 1 amide bonds. The van der Waals surface area contributed by atoms with Crippen molar-refractivity contribution in [3.05, 3.63) is 42.1 Å². The van der Waals surface area contributed by atoms with E-state index in [2.05, 4.69) is 51.2 Å². The van der Waals surface area contributed by atoms with Gasteiger partial charge in [0.1, 0.15) is 6.61 Å². The van der Waals surface area contributed by atoms with Crippen molar-refractivity contribution in [1.29, 1.82) is 0 Å². The predicted molar refractivity (Wildman–Crippen MR) is 89.7 cm³/mol. The summed E-state index contributed by atoms with van der Waals surface area (Å²) in [7, 11) is -1.57. The highest BCUT2D eigenvalue weighted by Gasteiger charge is 2.34. The second-order valence-electron chi connectivity index (χ2n) is 5.56. The lowest BCUT2D eigenvalue weighted by Gasteiger charge is -2.32. The number of amides is 1. The largest absolute Gasteiger partial charge is 0.447 e. The van der Waals surface area contributed by atoms with E-state index in [4.69, 9.17) is 4.74 Å². The van der Waals surface area contributed by atoms with Crippen LogP contribution in [0, 0.1) is 0 Å². The number of benzene rings is 1. The summed E-state index contributed by atoms with van der Waals surface area (Å²) >= 11 is 0. The van der Waals surface area contributed by atoms with E-state index in [1.807, 2.05) is 6.07 Å². The minimum absolute atomic E-state index is 0.213. The maximum atomic E-state index is 11.8. The Bertz CT molecular complexity index is 501. The van der Waals surface area contributed by atoms with Crippen LogP contribution in [0.15, 0.2) is 36.5 Å². The van der Waals surface area contributed by atoms with Gasteiger partial charge in [0, 0.05) is 6.20 Å². The molecule has 0 saturated carbocycles. The van der Waals surface area contributed by atoms with E-state index in [1.54, 1.807) is 4.90 Å². The zero-order chi connectivity index (χ0) is 15.3. The van der Waals surface area contributed by atoms with Crippen molar-refractivity contribution in [1.82, 2.24) is 4.90 Å². The third-order valence-corrected chi connectivity index (χ3v) is 10.4. The van der Waals surface area contributed by atoms with Crippen LogP contribution in [0.4, 0.5) is 4.79 Å². The number of carbonyl (C=O) groups is 1. The van der Waals surface area contributed by atoms with Crippen LogP contribution in [-0.4, -0.2) is 32.2 Å². The van der Waals surface area contributed by atoms with Gasteiger partial charge in [-0.2, -0.15) is 0 Å². The molecule has 114 valence electrons. The average molecular weight is 303 g/mol. The molecule has 4 heteroatoms. The molecule has 1 aromatic rings. The standard InChI is InChI=1S/C17H25NO2Si/c1-4-21(5-2,6-3)16(15-10-8-7-9-11-15)14-18-12-13-20-17(18)19/h7-11,14H,4-6,12-13H2,1-3H3/b16-14-. The van der Waals surface area contributed by atoms with Crippen molar-refractivity contribution in [2.24, 2.45) is 0 Å². The molecular weight excluding hydrogens is 278 g/mol. The van der Waals surface area contributed by atoms with Crippen LogP contribution in [0.3, 0.4) is 0 Å². The van der Waals surface area contributed by atoms with E-state index >= 15 is 0 Å². The second kappa shape index (κ2) is 6.94. The van der Waals surface area contributed by atoms with Crippen LogP contribution in [0.25, 0.3) is 5.20 Å². The highest BCUT2D eigenvalue weighted by molar-refractivity contribution is 6.96. The third-order valence-electron chi connectivity index (χ3n) is 4.76. The fourth-order valence-corrected chi connectivity index (χ4v) is 6.99. The Hall–Kier alpha value is -1.55. The molecule has 1 saturated heterocycles. The topological polar surface area (TPSA) is 29.5 Å². The molecule has 1 heterocycles. The summed E-state index contributed by atoms with van der Waals surface area (Å²) < 4.78 is 5.07. The molecule has 0 bridgehead atoms. The van der Waals surface area contributed by atoms with E-state index in [0.29, 0.717) is 13.2 Å². The molecule has 1 aliphatic heterocycles. The van der Waals surface area contributed by atoms with E-state index in [9.17, 15) is 4.79 Å². The number of rotatable bonds is 6. The molecule has 0 radical (unpaired) electrons. The van der Waals surface area contributed by atoms with Crippen LogP contribution >= 0.6 is 0 Å². The normalized spacial score (nSPS) is 16.2. The van der Waals surface area contributed by atoms with Crippen molar-refractivity contribution >= 4 is 19.4 Å². The molecule has 0 N–H and O–H groups in total. The summed E-state index contributed by atoms with van der Waals surface area (Å²) in [6.07, 6.45) is 1.86. The summed E-state index contributed by atoms with van der Waals surface area (Å²) in [5.41, 5.74) is 1.26. The highest BCUT2D eigenvalue weighted by Crippen LogP contribution is 2.36. The van der Waals surface area contributed by atoms with Crippen LogP contribution in [0.5, 0.6) is 0 Å². The van der Waals surface area contributed by atoms with Crippen molar-refractivity contribution in [2.45, 2.75) is 38.9 Å². The molecule has 2 rings (SSSR count). The number of ether oxygens (including phenoxy) is 1. The molecular formula is C17H25NO2Si. The number of nitrogens with zero attached hydrogens (tertiary/aromatic N) is 1. The van der Waals surface area contributed by atoms with Gasteiger partial charge in [0.15, 0.2) is 0 Å². The lowest BCUT2D eigenvalue weighted by molar-refractivity contribution is 0.166. The fraction of sp³-hybridized carbons (Fsp3) is 0.471. The van der Waals surface area contributed by atoms with Crippen molar-refractivity contribution in [2.75, 3.05) is 13.2 Å². The molecule has 0 aromatic heterocycles. The summed E-state index contributed by atoms with van der Waals surface area (Å²) in [4.78, 5) is 13.5. The lowest BCUT2D eigenvalue weighted by atomic mass is 10.2. The first-order valence-corrected chi connectivity index (χ1v) is 10.5. The Balaban J connectivity index is 2.48. The quantitative estimate of drug-likeness (QED) is 0.723. The molecule has 0 spiro atoms. The summed E-state index contributed by atoms with van der Waals surface area (Å²) in [5, 5.41) is 1.38. The van der Waals surface area contributed by atoms with E-state index < -0.39 is 8.07 Å². The average Bonchev–Trinajstić information content (AvgIpc) is 2.94. The smallest absolute Gasteiger partial charge is 0.413 e. The molecule has 1 aromatic carbocycles. The van der Waals surface area contributed by atoms with Gasteiger partial charge in [-0.25, -0.2) is 4.79 Å². The second-order valence-corrected chi connectivity index (χ2v) is 10.8. The van der Waals surface area contributed by atoms with Crippen LogP contribution in [-0.2, 0) is 4.74 Å². The molecule has 3 nitrogen and oxygen atoms in total. The first-order valence-electron chi connectivity index (χ1n) is 7.88. The molecule has 0 unspecified atom stereocenters. The maximum absolute atomic E-state index is 11.8. The molecule has 1 aliphatic rings.